The second-order valence-electron chi connectivity index (χ2n) is 11.4. The molecule has 0 fully saturated rings. The predicted molar refractivity (Wildman–Crippen MR) is 165 cm³/mol. The van der Waals surface area contributed by atoms with Gasteiger partial charge in [0.15, 0.2) is 0 Å². The van der Waals surface area contributed by atoms with Crippen molar-refractivity contribution in [3.05, 3.63) is 137 Å². The van der Waals surface area contributed by atoms with Crippen molar-refractivity contribution in [2.24, 2.45) is 0 Å². The molecule has 0 N–H and O–H groups in total. The van der Waals surface area contributed by atoms with Gasteiger partial charge in [-0.1, -0.05) is 105 Å². The summed E-state index contributed by atoms with van der Waals surface area (Å²) in [7, 11) is 0. The quantitative estimate of drug-likeness (QED) is 0.133. The number of rotatable bonds is 3. The van der Waals surface area contributed by atoms with E-state index in [-0.39, 0.29) is 16.0 Å². The molecule has 3 heteroatoms. The predicted octanol–water partition coefficient (Wildman–Crippen LogP) is 10.1. The first kappa shape index (κ1) is 22.9. The van der Waals surface area contributed by atoms with Gasteiger partial charge in [0.2, 0.25) is 0 Å². The van der Waals surface area contributed by atoms with Crippen molar-refractivity contribution in [2.45, 2.75) is 19.3 Å². The topological polar surface area (TPSA) is 43.1 Å². The summed E-state index contributed by atoms with van der Waals surface area (Å²) in [5, 5.41) is 19.4. The molecule has 0 saturated heterocycles. The van der Waals surface area contributed by atoms with E-state index in [1.165, 1.54) is 43.8 Å². The van der Waals surface area contributed by atoms with Crippen LogP contribution in [0.3, 0.4) is 0 Å². The lowest BCUT2D eigenvalue weighted by Gasteiger charge is -2.22. The highest BCUT2D eigenvalue weighted by molar-refractivity contribution is 6.24. The van der Waals surface area contributed by atoms with Crippen molar-refractivity contribution in [1.82, 2.24) is 0 Å². The molecule has 0 atom stereocenters. The van der Waals surface area contributed by atoms with Crippen LogP contribution in [0.15, 0.2) is 115 Å². The maximum Gasteiger partial charge on any atom is 0.277 e. The molecule has 0 unspecified atom stereocenters. The van der Waals surface area contributed by atoms with E-state index in [2.05, 4.69) is 111 Å². The Morgan fingerprint density at radius 3 is 1.88 bits per heavy atom. The fourth-order valence-electron chi connectivity index (χ4n) is 7.01. The number of nitro benzene ring substituents is 1. The van der Waals surface area contributed by atoms with Crippen molar-refractivity contribution in [2.75, 3.05) is 0 Å². The number of fused-ring (bicyclic) bond motifs is 3. The minimum Gasteiger partial charge on any atom is -0.258 e. The summed E-state index contributed by atoms with van der Waals surface area (Å²) in [6.07, 6.45) is 0. The van der Waals surface area contributed by atoms with E-state index in [0.29, 0.717) is 5.56 Å². The highest BCUT2D eigenvalue weighted by Gasteiger charge is 2.35. The van der Waals surface area contributed by atoms with Gasteiger partial charge in [-0.2, -0.15) is 0 Å². The van der Waals surface area contributed by atoms with Gasteiger partial charge in [-0.25, -0.2) is 0 Å². The molecule has 0 aromatic heterocycles. The first-order valence-corrected chi connectivity index (χ1v) is 13.6. The summed E-state index contributed by atoms with van der Waals surface area (Å²) in [5.74, 6) is 0. The fourth-order valence-corrected chi connectivity index (χ4v) is 7.01. The maximum absolute atomic E-state index is 12.4. The van der Waals surface area contributed by atoms with Crippen LogP contribution in [-0.2, 0) is 5.41 Å². The zero-order valence-corrected chi connectivity index (χ0v) is 22.2. The Labute approximate surface area is 231 Å². The summed E-state index contributed by atoms with van der Waals surface area (Å²) < 4.78 is 0. The third kappa shape index (κ3) is 3.06. The van der Waals surface area contributed by atoms with E-state index in [1.807, 2.05) is 6.07 Å². The van der Waals surface area contributed by atoms with Crippen molar-refractivity contribution < 1.29 is 4.92 Å². The molecule has 0 spiro atoms. The van der Waals surface area contributed by atoms with Crippen molar-refractivity contribution in [3.8, 4) is 33.4 Å². The number of nitrogens with zero attached hydrogens (tertiary/aromatic N) is 1. The van der Waals surface area contributed by atoms with Gasteiger partial charge in [0.1, 0.15) is 0 Å². The Morgan fingerprint density at radius 1 is 0.550 bits per heavy atom. The molecule has 7 aromatic rings. The molecule has 0 radical (unpaired) electrons. The molecule has 7 aromatic carbocycles. The Kier molecular flexibility index (Phi) is 4.58. The van der Waals surface area contributed by atoms with Crippen molar-refractivity contribution >= 4 is 38.0 Å². The first-order chi connectivity index (χ1) is 19.4. The van der Waals surface area contributed by atoms with Gasteiger partial charge in [-0.3, -0.25) is 10.1 Å². The van der Waals surface area contributed by atoms with E-state index in [9.17, 15) is 10.1 Å². The van der Waals surface area contributed by atoms with E-state index < -0.39 is 0 Å². The standard InChI is InChI=1S/C37H25NO2/c1-37(2)31-11-4-3-9-29(31)30-18-17-24(21-32(30)37)28-10-6-12-33(38(39)40)36(28)27-19-25-15-13-22-7-5-8-23-14-16-26(20-27)35(25)34(22)23/h3-21H,1-2H3. The Balaban J connectivity index is 1.39. The summed E-state index contributed by atoms with van der Waals surface area (Å²) in [5.41, 5.74) is 8.41. The van der Waals surface area contributed by atoms with Crippen LogP contribution in [-0.4, -0.2) is 4.92 Å². The SMILES string of the molecule is CC1(C)c2ccccc2-c2ccc(-c3cccc([N+](=O)[O-])c3-c3cc4ccc5cccc6ccc(c3)c4c56)cc21. The second-order valence-corrected chi connectivity index (χ2v) is 11.4. The summed E-state index contributed by atoms with van der Waals surface area (Å²) in [6, 6.07) is 39.7. The summed E-state index contributed by atoms with van der Waals surface area (Å²) in [4.78, 5) is 12.2. The molecule has 8 rings (SSSR count). The van der Waals surface area contributed by atoms with Gasteiger partial charge in [0, 0.05) is 11.5 Å². The molecular formula is C37H25NO2. The van der Waals surface area contributed by atoms with Crippen LogP contribution < -0.4 is 0 Å². The average molecular weight is 516 g/mol. The monoisotopic (exact) mass is 515 g/mol. The largest absolute Gasteiger partial charge is 0.277 e. The molecular weight excluding hydrogens is 490 g/mol. The van der Waals surface area contributed by atoms with Crippen LogP contribution >= 0.6 is 0 Å². The number of benzene rings is 7. The first-order valence-electron chi connectivity index (χ1n) is 13.6. The Bertz CT molecular complexity index is 2110. The summed E-state index contributed by atoms with van der Waals surface area (Å²) in [6.45, 7) is 4.52. The fraction of sp³-hybridized carbons (Fsp3) is 0.0811. The third-order valence-electron chi connectivity index (χ3n) is 8.89. The molecule has 0 bridgehead atoms. The minimum absolute atomic E-state index is 0.119. The zero-order valence-electron chi connectivity index (χ0n) is 22.2. The molecule has 1 aliphatic rings. The smallest absolute Gasteiger partial charge is 0.258 e. The highest BCUT2D eigenvalue weighted by Crippen LogP contribution is 2.51. The molecule has 190 valence electrons. The normalized spacial score (nSPS) is 13.7. The second kappa shape index (κ2) is 8.00. The van der Waals surface area contributed by atoms with Gasteiger partial charge in [0.05, 0.1) is 10.5 Å². The number of nitro groups is 1. The van der Waals surface area contributed by atoms with Gasteiger partial charge in [-0.15, -0.1) is 0 Å². The average Bonchev–Trinajstić information content (AvgIpc) is 3.21. The van der Waals surface area contributed by atoms with Crippen LogP contribution in [0, 0.1) is 10.1 Å². The van der Waals surface area contributed by atoms with Gasteiger partial charge >= 0.3 is 0 Å². The van der Waals surface area contributed by atoms with Crippen LogP contribution in [0.1, 0.15) is 25.0 Å². The lowest BCUT2D eigenvalue weighted by molar-refractivity contribution is -0.384. The van der Waals surface area contributed by atoms with E-state index >= 15 is 0 Å². The van der Waals surface area contributed by atoms with E-state index in [0.717, 1.165) is 27.5 Å². The van der Waals surface area contributed by atoms with Crippen molar-refractivity contribution in [1.29, 1.82) is 0 Å². The molecule has 1 aliphatic carbocycles. The van der Waals surface area contributed by atoms with E-state index in [4.69, 9.17) is 0 Å². The Morgan fingerprint density at radius 2 is 1.15 bits per heavy atom. The Hall–Kier alpha value is -5.02. The molecule has 40 heavy (non-hydrogen) atoms. The lowest BCUT2D eigenvalue weighted by Crippen LogP contribution is -2.14. The lowest BCUT2D eigenvalue weighted by atomic mass is 9.81. The molecule has 0 aliphatic heterocycles. The third-order valence-corrected chi connectivity index (χ3v) is 8.89. The van der Waals surface area contributed by atoms with Crippen LogP contribution in [0.2, 0.25) is 0 Å². The van der Waals surface area contributed by atoms with Crippen LogP contribution in [0.25, 0.3) is 65.7 Å². The van der Waals surface area contributed by atoms with Gasteiger partial charge in [0.25, 0.3) is 5.69 Å². The van der Waals surface area contributed by atoms with Crippen LogP contribution in [0.4, 0.5) is 5.69 Å². The zero-order chi connectivity index (χ0) is 27.2. The molecule has 3 nitrogen and oxygen atoms in total. The number of hydrogen-bond acceptors (Lipinski definition) is 2. The van der Waals surface area contributed by atoms with E-state index in [1.54, 1.807) is 12.1 Å². The van der Waals surface area contributed by atoms with Crippen molar-refractivity contribution in [3.63, 3.8) is 0 Å². The number of hydrogen-bond donors (Lipinski definition) is 0. The minimum atomic E-state index is -0.254. The molecule has 0 amide bonds. The summed E-state index contributed by atoms with van der Waals surface area (Å²) >= 11 is 0. The van der Waals surface area contributed by atoms with Crippen LogP contribution in [0.5, 0.6) is 0 Å². The maximum atomic E-state index is 12.4. The highest BCUT2D eigenvalue weighted by atomic mass is 16.6. The van der Waals surface area contributed by atoms with Gasteiger partial charge < -0.3 is 0 Å². The molecule has 0 saturated carbocycles. The van der Waals surface area contributed by atoms with Gasteiger partial charge in [-0.05, 0) is 89.5 Å². The molecule has 0 heterocycles.